The third-order valence-electron chi connectivity index (χ3n) is 3.17. The predicted molar refractivity (Wildman–Crippen MR) is 68.8 cm³/mol. The predicted octanol–water partition coefficient (Wildman–Crippen LogP) is 2.37. The third kappa shape index (κ3) is 3.69. The van der Waals surface area contributed by atoms with Crippen LogP contribution >= 0.6 is 11.8 Å². The molecule has 0 bridgehead atoms. The van der Waals surface area contributed by atoms with Crippen molar-refractivity contribution in [2.75, 3.05) is 25.4 Å². The van der Waals surface area contributed by atoms with Gasteiger partial charge in [0.1, 0.15) is 5.82 Å². The molecule has 1 atom stereocenters. The molecule has 94 valence electrons. The Labute approximate surface area is 106 Å². The smallest absolute Gasteiger partial charge is 0.123 e. The number of aliphatic hydroxyl groups is 1. The van der Waals surface area contributed by atoms with E-state index < -0.39 is 0 Å². The van der Waals surface area contributed by atoms with Crippen LogP contribution in [-0.2, 0) is 0 Å². The summed E-state index contributed by atoms with van der Waals surface area (Å²) in [6.45, 7) is 2.35. The summed E-state index contributed by atoms with van der Waals surface area (Å²) in [5.41, 5.74) is 0. The maximum Gasteiger partial charge on any atom is 0.123 e. The summed E-state index contributed by atoms with van der Waals surface area (Å²) >= 11 is 1.74. The molecule has 1 aromatic carbocycles. The highest BCUT2D eigenvalue weighted by molar-refractivity contribution is 7.99. The summed E-state index contributed by atoms with van der Waals surface area (Å²) in [5, 5.41) is 9.19. The van der Waals surface area contributed by atoms with E-state index in [4.69, 9.17) is 0 Å². The summed E-state index contributed by atoms with van der Waals surface area (Å²) in [7, 11) is 0. The van der Waals surface area contributed by atoms with Gasteiger partial charge in [-0.25, -0.2) is 4.39 Å². The molecular weight excluding hydrogens is 237 g/mol. The lowest BCUT2D eigenvalue weighted by atomic mass is 10.2. The number of aliphatic hydroxyl groups excluding tert-OH is 1. The standard InChI is InChI=1S/C13H18FNOS/c14-11-3-5-13(6-4-11)17-9-8-15-7-1-2-12(15)10-16/h3-6,12,16H,1-2,7-10H2/t12-/m0/s1. The summed E-state index contributed by atoms with van der Waals surface area (Å²) in [4.78, 5) is 3.45. The number of halogens is 1. The monoisotopic (exact) mass is 255 g/mol. The minimum atomic E-state index is -0.186. The lowest BCUT2D eigenvalue weighted by molar-refractivity contribution is 0.165. The molecule has 1 aliphatic heterocycles. The Morgan fingerprint density at radius 1 is 1.35 bits per heavy atom. The van der Waals surface area contributed by atoms with Crippen LogP contribution in [0.2, 0.25) is 0 Å². The number of likely N-dealkylation sites (tertiary alicyclic amines) is 1. The molecule has 17 heavy (non-hydrogen) atoms. The van der Waals surface area contributed by atoms with Crippen LogP contribution in [0, 0.1) is 5.82 Å². The SMILES string of the molecule is OC[C@@H]1CCCN1CCSc1ccc(F)cc1. The van der Waals surface area contributed by atoms with E-state index in [0.29, 0.717) is 6.04 Å². The summed E-state index contributed by atoms with van der Waals surface area (Å²) in [6.07, 6.45) is 2.30. The molecule has 0 amide bonds. The fourth-order valence-electron chi connectivity index (χ4n) is 2.21. The van der Waals surface area contributed by atoms with E-state index in [0.717, 1.165) is 30.2 Å². The number of rotatable bonds is 5. The normalized spacial score (nSPS) is 20.9. The van der Waals surface area contributed by atoms with Crippen molar-refractivity contribution >= 4 is 11.8 Å². The molecule has 0 saturated carbocycles. The fraction of sp³-hybridized carbons (Fsp3) is 0.538. The van der Waals surface area contributed by atoms with Gasteiger partial charge in [0, 0.05) is 23.2 Å². The molecule has 4 heteroatoms. The van der Waals surface area contributed by atoms with Crippen LogP contribution in [0.4, 0.5) is 4.39 Å². The molecule has 1 N–H and O–H groups in total. The Hall–Kier alpha value is -0.580. The fourth-order valence-corrected chi connectivity index (χ4v) is 3.10. The zero-order valence-electron chi connectivity index (χ0n) is 9.81. The second-order valence-corrected chi connectivity index (χ2v) is 5.49. The molecule has 0 radical (unpaired) electrons. The maximum absolute atomic E-state index is 12.7. The van der Waals surface area contributed by atoms with Crippen LogP contribution in [0.15, 0.2) is 29.2 Å². The van der Waals surface area contributed by atoms with Crippen LogP contribution in [0.3, 0.4) is 0 Å². The number of thioether (sulfide) groups is 1. The average Bonchev–Trinajstić information content (AvgIpc) is 2.79. The van der Waals surface area contributed by atoms with Crippen LogP contribution in [0.25, 0.3) is 0 Å². The van der Waals surface area contributed by atoms with Gasteiger partial charge in [-0.3, -0.25) is 4.90 Å². The third-order valence-corrected chi connectivity index (χ3v) is 4.16. The van der Waals surface area contributed by atoms with Crippen molar-refractivity contribution in [2.24, 2.45) is 0 Å². The minimum Gasteiger partial charge on any atom is -0.395 e. The van der Waals surface area contributed by atoms with E-state index in [9.17, 15) is 9.50 Å². The van der Waals surface area contributed by atoms with Gasteiger partial charge in [-0.15, -0.1) is 11.8 Å². The first-order valence-electron chi connectivity index (χ1n) is 6.03. The topological polar surface area (TPSA) is 23.5 Å². The largest absolute Gasteiger partial charge is 0.395 e. The Kier molecular flexibility index (Phi) is 4.83. The van der Waals surface area contributed by atoms with Gasteiger partial charge < -0.3 is 5.11 Å². The van der Waals surface area contributed by atoms with E-state index in [1.54, 1.807) is 11.8 Å². The molecule has 0 unspecified atom stereocenters. The minimum absolute atomic E-state index is 0.186. The van der Waals surface area contributed by atoms with Gasteiger partial charge in [0.15, 0.2) is 0 Å². The maximum atomic E-state index is 12.7. The van der Waals surface area contributed by atoms with Crippen molar-refractivity contribution in [3.05, 3.63) is 30.1 Å². The zero-order chi connectivity index (χ0) is 12.1. The molecule has 2 rings (SSSR count). The molecule has 0 spiro atoms. The number of nitrogens with zero attached hydrogens (tertiary/aromatic N) is 1. The lowest BCUT2D eigenvalue weighted by Crippen LogP contribution is -2.33. The Bertz CT molecular complexity index is 344. The average molecular weight is 255 g/mol. The molecular formula is C13H18FNOS. The first kappa shape index (κ1) is 12.9. The van der Waals surface area contributed by atoms with Gasteiger partial charge in [-0.1, -0.05) is 0 Å². The van der Waals surface area contributed by atoms with E-state index >= 15 is 0 Å². The summed E-state index contributed by atoms with van der Waals surface area (Å²) in [6, 6.07) is 6.97. The molecule has 2 nitrogen and oxygen atoms in total. The molecule has 1 aromatic rings. The van der Waals surface area contributed by atoms with Crippen molar-refractivity contribution in [1.82, 2.24) is 4.90 Å². The first-order valence-corrected chi connectivity index (χ1v) is 7.01. The Morgan fingerprint density at radius 2 is 2.12 bits per heavy atom. The molecule has 1 fully saturated rings. The van der Waals surface area contributed by atoms with Gasteiger partial charge in [0.25, 0.3) is 0 Å². The van der Waals surface area contributed by atoms with Crippen molar-refractivity contribution in [3.8, 4) is 0 Å². The van der Waals surface area contributed by atoms with Crippen molar-refractivity contribution in [2.45, 2.75) is 23.8 Å². The highest BCUT2D eigenvalue weighted by Crippen LogP contribution is 2.21. The molecule has 1 aliphatic rings. The van der Waals surface area contributed by atoms with Gasteiger partial charge in [0.2, 0.25) is 0 Å². The second kappa shape index (κ2) is 6.38. The van der Waals surface area contributed by atoms with Gasteiger partial charge in [-0.2, -0.15) is 0 Å². The van der Waals surface area contributed by atoms with Gasteiger partial charge in [0.05, 0.1) is 6.61 Å². The van der Waals surface area contributed by atoms with Gasteiger partial charge >= 0.3 is 0 Å². The first-order chi connectivity index (χ1) is 8.29. The van der Waals surface area contributed by atoms with Crippen LogP contribution in [0.1, 0.15) is 12.8 Å². The highest BCUT2D eigenvalue weighted by atomic mass is 32.2. The van der Waals surface area contributed by atoms with Crippen molar-refractivity contribution < 1.29 is 9.50 Å². The van der Waals surface area contributed by atoms with E-state index in [2.05, 4.69) is 4.90 Å². The van der Waals surface area contributed by atoms with Crippen LogP contribution in [0.5, 0.6) is 0 Å². The van der Waals surface area contributed by atoms with Crippen LogP contribution in [-0.4, -0.2) is 41.5 Å². The number of hydrogen-bond donors (Lipinski definition) is 1. The molecule has 0 aromatic heterocycles. The molecule has 1 saturated heterocycles. The van der Waals surface area contributed by atoms with E-state index in [-0.39, 0.29) is 12.4 Å². The number of hydrogen-bond acceptors (Lipinski definition) is 3. The van der Waals surface area contributed by atoms with Crippen molar-refractivity contribution in [1.29, 1.82) is 0 Å². The Balaban J connectivity index is 1.74. The second-order valence-electron chi connectivity index (χ2n) is 4.32. The lowest BCUT2D eigenvalue weighted by Gasteiger charge is -2.22. The number of benzene rings is 1. The summed E-state index contributed by atoms with van der Waals surface area (Å²) < 4.78 is 12.7. The van der Waals surface area contributed by atoms with Gasteiger partial charge in [-0.05, 0) is 43.7 Å². The van der Waals surface area contributed by atoms with E-state index in [1.165, 1.54) is 18.6 Å². The quantitative estimate of drug-likeness (QED) is 0.817. The van der Waals surface area contributed by atoms with Crippen molar-refractivity contribution in [3.63, 3.8) is 0 Å². The molecule has 0 aliphatic carbocycles. The molecule has 1 heterocycles. The van der Waals surface area contributed by atoms with E-state index in [1.807, 2.05) is 12.1 Å². The zero-order valence-corrected chi connectivity index (χ0v) is 10.6. The van der Waals surface area contributed by atoms with Crippen LogP contribution < -0.4 is 0 Å². The summed E-state index contributed by atoms with van der Waals surface area (Å²) in [5.74, 6) is 0.802. The highest BCUT2D eigenvalue weighted by Gasteiger charge is 2.22. The Morgan fingerprint density at radius 3 is 2.82 bits per heavy atom.